The number of rotatable bonds is 0. The fourth-order valence-electron chi connectivity index (χ4n) is 0.830. The minimum atomic E-state index is 0.0917. The van der Waals surface area contributed by atoms with Crippen LogP contribution < -0.4 is 0 Å². The third-order valence-electron chi connectivity index (χ3n) is 1.34. The number of hydrogen-bond acceptors (Lipinski definition) is 3. The molecule has 4 heteroatoms. The van der Waals surface area contributed by atoms with Crippen molar-refractivity contribution in [3.8, 4) is 12.1 Å². The van der Waals surface area contributed by atoms with Gasteiger partial charge in [-0.3, -0.25) is 0 Å². The van der Waals surface area contributed by atoms with Crippen LogP contribution in [0.4, 0.5) is 0 Å². The van der Waals surface area contributed by atoms with Crippen LogP contribution in [0.1, 0.15) is 16.8 Å². The maximum atomic E-state index is 8.61. The van der Waals surface area contributed by atoms with E-state index < -0.39 is 0 Å². The van der Waals surface area contributed by atoms with E-state index in [9.17, 15) is 0 Å². The highest BCUT2D eigenvalue weighted by molar-refractivity contribution is 6.30. The van der Waals surface area contributed by atoms with Gasteiger partial charge in [0.25, 0.3) is 0 Å². The van der Waals surface area contributed by atoms with E-state index in [0.717, 1.165) is 0 Å². The van der Waals surface area contributed by atoms with Crippen LogP contribution in [0.5, 0.6) is 0 Å². The van der Waals surface area contributed by atoms with Crippen LogP contribution in [0, 0.1) is 29.6 Å². The second-order valence-electron chi connectivity index (χ2n) is 2.20. The molecule has 0 N–H and O–H groups in total. The molecule has 1 rings (SSSR count). The molecule has 0 bridgehead atoms. The molecule has 0 amide bonds. The van der Waals surface area contributed by atoms with E-state index in [4.69, 9.17) is 22.1 Å². The highest BCUT2D eigenvalue weighted by atomic mass is 35.5. The lowest BCUT2D eigenvalue weighted by Crippen LogP contribution is -1.91. The van der Waals surface area contributed by atoms with E-state index >= 15 is 0 Å². The molecule has 0 saturated heterocycles. The van der Waals surface area contributed by atoms with E-state index in [0.29, 0.717) is 5.69 Å². The molecule has 3 nitrogen and oxygen atoms in total. The Bertz CT molecular complexity index is 398. The van der Waals surface area contributed by atoms with Crippen molar-refractivity contribution >= 4 is 11.6 Å². The molecule has 0 aliphatic rings. The summed E-state index contributed by atoms with van der Waals surface area (Å²) in [5.74, 6) is 0. The minimum absolute atomic E-state index is 0.0917. The largest absolute Gasteiger partial charge is 0.240 e. The van der Waals surface area contributed by atoms with Crippen LogP contribution in [-0.2, 0) is 0 Å². The van der Waals surface area contributed by atoms with Crippen LogP contribution in [-0.4, -0.2) is 4.98 Å². The Morgan fingerprint density at radius 1 is 1.42 bits per heavy atom. The summed E-state index contributed by atoms with van der Waals surface area (Å²) < 4.78 is 0. The van der Waals surface area contributed by atoms with Crippen molar-refractivity contribution in [1.82, 2.24) is 4.98 Å². The zero-order chi connectivity index (χ0) is 9.14. The molecule has 1 aromatic rings. The lowest BCUT2D eigenvalue weighted by Gasteiger charge is -1.97. The molecular weight excluding hydrogens is 174 g/mol. The van der Waals surface area contributed by atoms with Crippen molar-refractivity contribution < 1.29 is 0 Å². The van der Waals surface area contributed by atoms with Crippen LogP contribution in [0.25, 0.3) is 0 Å². The molecule has 1 heterocycles. The van der Waals surface area contributed by atoms with Crippen LogP contribution in [0.15, 0.2) is 6.07 Å². The molecule has 58 valence electrons. The van der Waals surface area contributed by atoms with Gasteiger partial charge in [-0.05, 0) is 13.0 Å². The molecular formula is C8H4ClN3. The SMILES string of the molecule is Cc1cc(C#N)c(C#N)c(Cl)n1. The molecule has 1 aromatic heterocycles. The van der Waals surface area contributed by atoms with E-state index in [1.807, 2.05) is 12.1 Å². The summed E-state index contributed by atoms with van der Waals surface area (Å²) in [4.78, 5) is 3.84. The first-order chi connectivity index (χ1) is 5.69. The summed E-state index contributed by atoms with van der Waals surface area (Å²) >= 11 is 5.63. The number of hydrogen-bond donors (Lipinski definition) is 0. The molecule has 0 radical (unpaired) electrons. The first-order valence-electron chi connectivity index (χ1n) is 3.16. The smallest absolute Gasteiger partial charge is 0.148 e. The van der Waals surface area contributed by atoms with E-state index in [1.54, 1.807) is 6.92 Å². The zero-order valence-electron chi connectivity index (χ0n) is 6.30. The maximum Gasteiger partial charge on any atom is 0.148 e. The monoisotopic (exact) mass is 177 g/mol. The second kappa shape index (κ2) is 3.21. The van der Waals surface area contributed by atoms with Gasteiger partial charge in [-0.25, -0.2) is 4.98 Å². The number of pyridine rings is 1. The predicted octanol–water partition coefficient (Wildman–Crippen LogP) is 1.79. The van der Waals surface area contributed by atoms with Crippen molar-refractivity contribution in [2.75, 3.05) is 0 Å². The van der Waals surface area contributed by atoms with Gasteiger partial charge in [0.1, 0.15) is 22.9 Å². The van der Waals surface area contributed by atoms with Gasteiger partial charge < -0.3 is 0 Å². The summed E-state index contributed by atoms with van der Waals surface area (Å²) in [5.41, 5.74) is 1.05. The van der Waals surface area contributed by atoms with Gasteiger partial charge in [0.2, 0.25) is 0 Å². The lowest BCUT2D eigenvalue weighted by atomic mass is 10.1. The first-order valence-corrected chi connectivity index (χ1v) is 3.54. The van der Waals surface area contributed by atoms with Crippen molar-refractivity contribution in [2.45, 2.75) is 6.92 Å². The predicted molar refractivity (Wildman–Crippen MR) is 43.4 cm³/mol. The average molecular weight is 178 g/mol. The van der Waals surface area contributed by atoms with Crippen molar-refractivity contribution in [1.29, 1.82) is 10.5 Å². The molecule has 0 saturated carbocycles. The fourth-order valence-corrected chi connectivity index (χ4v) is 1.11. The summed E-state index contributed by atoms with van der Waals surface area (Å²) in [5, 5.41) is 17.3. The molecule has 0 unspecified atom stereocenters. The first kappa shape index (κ1) is 8.52. The Morgan fingerprint density at radius 2 is 2.08 bits per heavy atom. The van der Waals surface area contributed by atoms with Crippen molar-refractivity contribution in [3.63, 3.8) is 0 Å². The van der Waals surface area contributed by atoms with Gasteiger partial charge in [0.05, 0.1) is 5.56 Å². The van der Waals surface area contributed by atoms with Gasteiger partial charge in [0, 0.05) is 5.69 Å². The Labute approximate surface area is 74.8 Å². The Kier molecular flexibility index (Phi) is 2.28. The third-order valence-corrected chi connectivity index (χ3v) is 1.61. The van der Waals surface area contributed by atoms with Gasteiger partial charge >= 0.3 is 0 Å². The van der Waals surface area contributed by atoms with Crippen molar-refractivity contribution in [2.24, 2.45) is 0 Å². The zero-order valence-corrected chi connectivity index (χ0v) is 7.05. The highest BCUT2D eigenvalue weighted by Gasteiger charge is 2.07. The highest BCUT2D eigenvalue weighted by Crippen LogP contribution is 2.16. The van der Waals surface area contributed by atoms with Gasteiger partial charge in [0.15, 0.2) is 0 Å². The summed E-state index contributed by atoms with van der Waals surface area (Å²) in [6.07, 6.45) is 0. The molecule has 0 aliphatic heterocycles. The topological polar surface area (TPSA) is 60.5 Å². The third kappa shape index (κ3) is 1.37. The summed E-state index contributed by atoms with van der Waals surface area (Å²) in [6.45, 7) is 1.72. The van der Waals surface area contributed by atoms with E-state index in [2.05, 4.69) is 4.98 Å². The normalized spacial score (nSPS) is 8.67. The maximum absolute atomic E-state index is 8.61. The second-order valence-corrected chi connectivity index (χ2v) is 2.56. The van der Waals surface area contributed by atoms with Gasteiger partial charge in [-0.2, -0.15) is 10.5 Å². The molecule has 0 aliphatic carbocycles. The number of aryl methyl sites for hydroxylation is 1. The van der Waals surface area contributed by atoms with E-state index in [-0.39, 0.29) is 16.3 Å². The minimum Gasteiger partial charge on any atom is -0.240 e. The molecule has 12 heavy (non-hydrogen) atoms. The quantitative estimate of drug-likeness (QED) is 0.568. The Hall–Kier alpha value is -1.58. The van der Waals surface area contributed by atoms with E-state index in [1.165, 1.54) is 6.07 Å². The van der Waals surface area contributed by atoms with Crippen LogP contribution in [0.2, 0.25) is 5.15 Å². The van der Waals surface area contributed by atoms with Gasteiger partial charge in [-0.15, -0.1) is 0 Å². The summed E-state index contributed by atoms with van der Waals surface area (Å²) in [7, 11) is 0. The average Bonchev–Trinajstić information content (AvgIpc) is 2.03. The van der Waals surface area contributed by atoms with Gasteiger partial charge in [-0.1, -0.05) is 11.6 Å². The number of nitriles is 2. The van der Waals surface area contributed by atoms with Crippen LogP contribution in [0.3, 0.4) is 0 Å². The number of halogens is 1. The molecule has 0 fully saturated rings. The van der Waals surface area contributed by atoms with Crippen LogP contribution >= 0.6 is 11.6 Å². The Morgan fingerprint density at radius 3 is 2.58 bits per heavy atom. The summed E-state index contributed by atoms with van der Waals surface area (Å²) in [6, 6.07) is 5.24. The lowest BCUT2D eigenvalue weighted by molar-refractivity contribution is 1.18. The number of nitrogens with zero attached hydrogens (tertiary/aromatic N) is 3. The number of aromatic nitrogens is 1. The molecule has 0 spiro atoms. The Balaban J connectivity index is 3.50. The molecule has 0 atom stereocenters. The fraction of sp³-hybridized carbons (Fsp3) is 0.125. The standard InChI is InChI=1S/C8H4ClN3/c1-5-2-6(3-10)7(4-11)8(9)12-5/h2H,1H3. The van der Waals surface area contributed by atoms with Crippen molar-refractivity contribution in [3.05, 3.63) is 28.0 Å². The molecule has 0 aromatic carbocycles.